The lowest BCUT2D eigenvalue weighted by Gasteiger charge is -2.22. The Labute approximate surface area is 156 Å². The summed E-state index contributed by atoms with van der Waals surface area (Å²) in [7, 11) is 1.24. The fourth-order valence-corrected chi connectivity index (χ4v) is 2.32. The number of benzene rings is 1. The third-order valence-corrected chi connectivity index (χ3v) is 3.86. The largest absolute Gasteiger partial charge is 0.464 e. The van der Waals surface area contributed by atoms with E-state index >= 15 is 0 Å². The fourth-order valence-electron chi connectivity index (χ4n) is 2.32. The summed E-state index contributed by atoms with van der Waals surface area (Å²) in [4.78, 5) is 40.1. The number of nitro groups is 1. The van der Waals surface area contributed by atoms with E-state index in [1.165, 1.54) is 42.5 Å². The topological polar surface area (TPSA) is 116 Å². The molecule has 0 N–H and O–H groups in total. The summed E-state index contributed by atoms with van der Waals surface area (Å²) in [5, 5.41) is 10.8. The minimum absolute atomic E-state index is 0.0269. The van der Waals surface area contributed by atoms with Crippen molar-refractivity contribution in [3.63, 3.8) is 0 Å². The van der Waals surface area contributed by atoms with E-state index < -0.39 is 10.9 Å². The summed E-state index contributed by atoms with van der Waals surface area (Å²) in [6.45, 7) is 4.59. The molecule has 1 heterocycles. The van der Waals surface area contributed by atoms with Gasteiger partial charge in [-0.25, -0.2) is 9.78 Å². The highest BCUT2D eigenvalue weighted by atomic mass is 16.6. The Bertz CT molecular complexity index is 813. The number of nitro benzene ring substituents is 1. The number of amides is 1. The monoisotopic (exact) mass is 375 g/mol. The van der Waals surface area contributed by atoms with Crippen LogP contribution in [-0.4, -0.2) is 40.3 Å². The molecule has 0 spiro atoms. The van der Waals surface area contributed by atoms with Crippen LogP contribution in [0.3, 0.4) is 0 Å². The minimum atomic E-state index is -0.625. The van der Waals surface area contributed by atoms with E-state index in [0.29, 0.717) is 18.0 Å². The molecule has 0 aliphatic carbocycles. The highest BCUT2D eigenvalue weighted by Gasteiger charge is 2.21. The average molecular weight is 375 g/mol. The van der Waals surface area contributed by atoms with E-state index in [9.17, 15) is 19.7 Å². The molecule has 1 aromatic heterocycles. The maximum absolute atomic E-state index is 12.8. The summed E-state index contributed by atoms with van der Waals surface area (Å²) in [6.07, 6.45) is 1.93. The number of esters is 1. The predicted octanol–water partition coefficient (Wildman–Crippen LogP) is 3.06. The van der Waals surface area contributed by atoms with Crippen molar-refractivity contribution in [1.82, 2.24) is 9.88 Å². The van der Waals surface area contributed by atoms with Crippen LogP contribution in [0.1, 0.15) is 47.0 Å². The summed E-state index contributed by atoms with van der Waals surface area (Å²) in [5.41, 5.74) is 0.263. The third-order valence-electron chi connectivity index (χ3n) is 3.86. The summed E-state index contributed by atoms with van der Waals surface area (Å²) in [5.74, 6) is -0.356. The van der Waals surface area contributed by atoms with Gasteiger partial charge in [0.1, 0.15) is 6.26 Å². The van der Waals surface area contributed by atoms with Gasteiger partial charge in [0.05, 0.1) is 18.6 Å². The maximum atomic E-state index is 12.8. The molecule has 0 saturated carbocycles. The molecule has 144 valence electrons. The van der Waals surface area contributed by atoms with Gasteiger partial charge in [-0.2, -0.15) is 0 Å². The molecule has 0 radical (unpaired) electrons. The quantitative estimate of drug-likeness (QED) is 0.395. The number of carbonyl (C=O) groups is 2. The molecule has 9 heteroatoms. The van der Waals surface area contributed by atoms with Crippen molar-refractivity contribution in [3.8, 4) is 0 Å². The van der Waals surface area contributed by atoms with Crippen molar-refractivity contribution in [1.29, 1.82) is 0 Å². The van der Waals surface area contributed by atoms with E-state index in [1.807, 2.05) is 13.8 Å². The van der Waals surface area contributed by atoms with Crippen LogP contribution in [-0.2, 0) is 11.3 Å². The van der Waals surface area contributed by atoms with Crippen LogP contribution in [0.5, 0.6) is 0 Å². The van der Waals surface area contributed by atoms with Gasteiger partial charge in [-0.1, -0.05) is 13.8 Å². The molecule has 9 nitrogen and oxygen atoms in total. The van der Waals surface area contributed by atoms with Crippen molar-refractivity contribution >= 4 is 17.6 Å². The smallest absolute Gasteiger partial charge is 0.360 e. The molecule has 2 aromatic rings. The van der Waals surface area contributed by atoms with Gasteiger partial charge in [0.2, 0.25) is 5.89 Å². The number of hydrogen-bond donors (Lipinski definition) is 0. The lowest BCUT2D eigenvalue weighted by atomic mass is 10.1. The van der Waals surface area contributed by atoms with Gasteiger partial charge in [0.15, 0.2) is 5.69 Å². The van der Waals surface area contributed by atoms with E-state index in [2.05, 4.69) is 9.72 Å². The second-order valence-corrected chi connectivity index (χ2v) is 6.33. The van der Waals surface area contributed by atoms with Crippen molar-refractivity contribution in [2.45, 2.75) is 26.8 Å². The van der Waals surface area contributed by atoms with E-state index in [1.54, 1.807) is 0 Å². The molecule has 1 amide bonds. The normalized spacial score (nSPS) is 10.7. The first-order chi connectivity index (χ1) is 12.8. The third kappa shape index (κ3) is 5.37. The molecule has 0 saturated heterocycles. The lowest BCUT2D eigenvalue weighted by molar-refractivity contribution is -0.384. The van der Waals surface area contributed by atoms with Crippen molar-refractivity contribution in [2.75, 3.05) is 13.7 Å². The molecule has 27 heavy (non-hydrogen) atoms. The number of methoxy groups -OCH3 is 1. The number of oxazole rings is 1. The van der Waals surface area contributed by atoms with Crippen LogP contribution >= 0.6 is 0 Å². The average Bonchev–Trinajstić information content (AvgIpc) is 3.12. The Hall–Kier alpha value is -3.23. The van der Waals surface area contributed by atoms with Gasteiger partial charge < -0.3 is 14.1 Å². The van der Waals surface area contributed by atoms with Crippen molar-refractivity contribution in [3.05, 3.63) is 57.8 Å². The predicted molar refractivity (Wildman–Crippen MR) is 95.1 cm³/mol. The van der Waals surface area contributed by atoms with Crippen LogP contribution in [0.15, 0.2) is 34.9 Å². The number of hydrogen-bond acceptors (Lipinski definition) is 7. The lowest BCUT2D eigenvalue weighted by Crippen LogP contribution is -2.32. The Morgan fingerprint density at radius 1 is 1.30 bits per heavy atom. The first-order valence-electron chi connectivity index (χ1n) is 8.38. The zero-order valence-electron chi connectivity index (χ0n) is 15.4. The van der Waals surface area contributed by atoms with Gasteiger partial charge in [0, 0.05) is 24.2 Å². The van der Waals surface area contributed by atoms with Gasteiger partial charge in [-0.3, -0.25) is 14.9 Å². The number of rotatable bonds is 8. The first-order valence-corrected chi connectivity index (χ1v) is 8.38. The molecule has 2 rings (SSSR count). The summed E-state index contributed by atoms with van der Waals surface area (Å²) >= 11 is 0. The molecule has 0 unspecified atom stereocenters. The van der Waals surface area contributed by atoms with Crippen molar-refractivity contribution < 1.29 is 23.7 Å². The number of ether oxygens (including phenoxy) is 1. The van der Waals surface area contributed by atoms with Crippen LogP contribution < -0.4 is 0 Å². The molecule has 0 bridgehead atoms. The second kappa shape index (κ2) is 8.93. The Kier molecular flexibility index (Phi) is 6.64. The van der Waals surface area contributed by atoms with Crippen LogP contribution in [0.2, 0.25) is 0 Å². The van der Waals surface area contributed by atoms with Gasteiger partial charge >= 0.3 is 5.97 Å². The summed E-state index contributed by atoms with van der Waals surface area (Å²) < 4.78 is 9.85. The Balaban J connectivity index is 2.19. The van der Waals surface area contributed by atoms with E-state index in [0.717, 1.165) is 6.42 Å². The second-order valence-electron chi connectivity index (χ2n) is 6.33. The number of carbonyl (C=O) groups excluding carboxylic acids is 2. The molecule has 1 aromatic carbocycles. The standard InChI is InChI=1S/C18H21N3O6/c1-12(2)8-9-20(10-16-19-15(11-27-16)18(23)26-3)17(22)13-4-6-14(7-5-13)21(24)25/h4-7,11-12H,8-10H2,1-3H3. The summed E-state index contributed by atoms with van der Waals surface area (Å²) in [6, 6.07) is 5.40. The highest BCUT2D eigenvalue weighted by molar-refractivity contribution is 5.94. The first kappa shape index (κ1) is 20.1. The van der Waals surface area contributed by atoms with Crippen LogP contribution in [0, 0.1) is 16.0 Å². The Morgan fingerprint density at radius 2 is 1.96 bits per heavy atom. The number of nitrogens with zero attached hydrogens (tertiary/aromatic N) is 3. The molecule has 0 aliphatic rings. The molecular weight excluding hydrogens is 354 g/mol. The molecule has 0 atom stereocenters. The van der Waals surface area contributed by atoms with E-state index in [-0.39, 0.29) is 29.7 Å². The Morgan fingerprint density at radius 3 is 2.52 bits per heavy atom. The number of non-ortho nitro benzene ring substituents is 1. The maximum Gasteiger partial charge on any atom is 0.360 e. The van der Waals surface area contributed by atoms with Gasteiger partial charge in [0.25, 0.3) is 11.6 Å². The molecular formula is C18H21N3O6. The minimum Gasteiger partial charge on any atom is -0.464 e. The van der Waals surface area contributed by atoms with Crippen molar-refractivity contribution in [2.24, 2.45) is 5.92 Å². The van der Waals surface area contributed by atoms with Crippen LogP contribution in [0.4, 0.5) is 5.69 Å². The molecule has 0 aliphatic heterocycles. The zero-order valence-corrected chi connectivity index (χ0v) is 15.4. The highest BCUT2D eigenvalue weighted by Crippen LogP contribution is 2.16. The SMILES string of the molecule is COC(=O)c1coc(CN(CCC(C)C)C(=O)c2ccc([N+](=O)[O-])cc2)n1. The van der Waals surface area contributed by atoms with Crippen LogP contribution in [0.25, 0.3) is 0 Å². The number of aromatic nitrogens is 1. The van der Waals surface area contributed by atoms with Gasteiger partial charge in [-0.05, 0) is 24.5 Å². The molecule has 0 fully saturated rings. The van der Waals surface area contributed by atoms with Gasteiger partial charge in [-0.15, -0.1) is 0 Å². The zero-order chi connectivity index (χ0) is 20.0. The van der Waals surface area contributed by atoms with E-state index in [4.69, 9.17) is 4.42 Å². The fraction of sp³-hybridized carbons (Fsp3) is 0.389.